The van der Waals surface area contributed by atoms with Gasteiger partial charge >= 0.3 is 0 Å². The highest BCUT2D eigenvalue weighted by molar-refractivity contribution is 5.93. The van der Waals surface area contributed by atoms with Crippen molar-refractivity contribution in [3.63, 3.8) is 0 Å². The van der Waals surface area contributed by atoms with Crippen LogP contribution in [-0.2, 0) is 11.8 Å². The van der Waals surface area contributed by atoms with Gasteiger partial charge in [0.2, 0.25) is 5.91 Å². The topological polar surface area (TPSA) is 85.8 Å². The summed E-state index contributed by atoms with van der Waals surface area (Å²) >= 11 is 0. The summed E-state index contributed by atoms with van der Waals surface area (Å²) in [6.07, 6.45) is 1.64. The fraction of sp³-hybridized carbons (Fsp3) is 0.308. The van der Waals surface area contributed by atoms with Crippen LogP contribution >= 0.6 is 12.4 Å². The van der Waals surface area contributed by atoms with Gasteiger partial charge in [0.1, 0.15) is 6.33 Å². The van der Waals surface area contributed by atoms with E-state index in [-0.39, 0.29) is 24.2 Å². The van der Waals surface area contributed by atoms with Gasteiger partial charge in [-0.15, -0.1) is 22.6 Å². The highest BCUT2D eigenvalue weighted by Crippen LogP contribution is 2.20. The van der Waals surface area contributed by atoms with Crippen molar-refractivity contribution in [2.75, 3.05) is 11.9 Å². The van der Waals surface area contributed by atoms with Gasteiger partial charge in [0.15, 0.2) is 5.82 Å². The molecule has 1 aromatic heterocycles. The second-order valence-corrected chi connectivity index (χ2v) is 4.47. The molecule has 1 heterocycles. The summed E-state index contributed by atoms with van der Waals surface area (Å²) in [5.41, 5.74) is 7.10. The fourth-order valence-electron chi connectivity index (χ4n) is 1.65. The van der Waals surface area contributed by atoms with Gasteiger partial charge in [-0.1, -0.05) is 19.1 Å². The van der Waals surface area contributed by atoms with E-state index in [2.05, 4.69) is 15.5 Å². The molecule has 0 fully saturated rings. The van der Waals surface area contributed by atoms with Crippen LogP contribution in [0.4, 0.5) is 5.69 Å². The number of hydrogen-bond donors (Lipinski definition) is 2. The van der Waals surface area contributed by atoms with Gasteiger partial charge in [0.05, 0.1) is 0 Å². The first-order valence-corrected chi connectivity index (χ1v) is 6.07. The lowest BCUT2D eigenvalue weighted by Gasteiger charge is -2.10. The first kappa shape index (κ1) is 16.1. The second kappa shape index (κ2) is 7.02. The third kappa shape index (κ3) is 3.55. The van der Waals surface area contributed by atoms with E-state index in [0.29, 0.717) is 6.54 Å². The maximum absolute atomic E-state index is 11.8. The standard InChI is InChI=1S/C13H17N5O.ClH/c1-9(7-14)13(19)16-11-5-3-4-10(6-11)12-17-15-8-18(12)2;/h3-6,8-9H,7,14H2,1-2H3,(H,16,19);1H. The Morgan fingerprint density at radius 3 is 2.85 bits per heavy atom. The molecule has 1 unspecified atom stereocenters. The molecule has 7 heteroatoms. The molecule has 1 atom stereocenters. The van der Waals surface area contributed by atoms with Gasteiger partial charge in [0, 0.05) is 30.8 Å². The van der Waals surface area contributed by atoms with Crippen molar-refractivity contribution in [1.29, 1.82) is 0 Å². The number of nitrogens with one attached hydrogen (secondary N) is 1. The van der Waals surface area contributed by atoms with Crippen LogP contribution in [0, 0.1) is 5.92 Å². The van der Waals surface area contributed by atoms with E-state index in [1.165, 1.54) is 0 Å². The van der Waals surface area contributed by atoms with Crippen molar-refractivity contribution in [1.82, 2.24) is 14.8 Å². The van der Waals surface area contributed by atoms with Crippen molar-refractivity contribution in [2.45, 2.75) is 6.92 Å². The van der Waals surface area contributed by atoms with Crippen molar-refractivity contribution < 1.29 is 4.79 Å². The molecule has 0 aliphatic rings. The number of rotatable bonds is 4. The van der Waals surface area contributed by atoms with Crippen LogP contribution in [0.25, 0.3) is 11.4 Å². The quantitative estimate of drug-likeness (QED) is 0.893. The van der Waals surface area contributed by atoms with E-state index < -0.39 is 0 Å². The van der Waals surface area contributed by atoms with Gasteiger partial charge < -0.3 is 15.6 Å². The van der Waals surface area contributed by atoms with Crippen LogP contribution in [0.1, 0.15) is 6.92 Å². The summed E-state index contributed by atoms with van der Waals surface area (Å²) in [6, 6.07) is 7.49. The summed E-state index contributed by atoms with van der Waals surface area (Å²) in [5, 5.41) is 10.7. The summed E-state index contributed by atoms with van der Waals surface area (Å²) < 4.78 is 1.82. The Morgan fingerprint density at radius 1 is 1.50 bits per heavy atom. The summed E-state index contributed by atoms with van der Waals surface area (Å²) in [7, 11) is 1.87. The normalized spacial score (nSPS) is 11.6. The van der Waals surface area contributed by atoms with Crippen LogP contribution in [0.3, 0.4) is 0 Å². The molecule has 0 spiro atoms. The SMILES string of the molecule is CC(CN)C(=O)Nc1cccc(-c2nncn2C)c1.Cl. The minimum atomic E-state index is -0.210. The van der Waals surface area contributed by atoms with Gasteiger partial charge in [-0.05, 0) is 12.1 Å². The maximum Gasteiger partial charge on any atom is 0.228 e. The van der Waals surface area contributed by atoms with Crippen molar-refractivity contribution >= 4 is 24.0 Å². The smallest absolute Gasteiger partial charge is 0.228 e. The van der Waals surface area contributed by atoms with Crippen LogP contribution in [0.15, 0.2) is 30.6 Å². The van der Waals surface area contributed by atoms with Crippen molar-refractivity contribution in [2.24, 2.45) is 18.7 Å². The zero-order chi connectivity index (χ0) is 13.8. The van der Waals surface area contributed by atoms with Crippen molar-refractivity contribution in [3.8, 4) is 11.4 Å². The van der Waals surface area contributed by atoms with E-state index in [1.807, 2.05) is 35.9 Å². The van der Waals surface area contributed by atoms with Gasteiger partial charge in [0.25, 0.3) is 0 Å². The maximum atomic E-state index is 11.8. The van der Waals surface area contributed by atoms with Crippen LogP contribution in [-0.4, -0.2) is 27.2 Å². The molecular formula is C13H18ClN5O. The number of carbonyl (C=O) groups excluding carboxylic acids is 1. The average Bonchev–Trinajstić information content (AvgIpc) is 2.84. The Morgan fingerprint density at radius 2 is 2.25 bits per heavy atom. The molecule has 0 aliphatic carbocycles. The first-order chi connectivity index (χ1) is 9.11. The highest BCUT2D eigenvalue weighted by atomic mass is 35.5. The number of halogens is 1. The minimum absolute atomic E-state index is 0. The molecular weight excluding hydrogens is 278 g/mol. The van der Waals surface area contributed by atoms with Gasteiger partial charge in [-0.2, -0.15) is 0 Å². The Labute approximate surface area is 123 Å². The Bertz CT molecular complexity index is 584. The number of hydrogen-bond acceptors (Lipinski definition) is 4. The van der Waals surface area contributed by atoms with E-state index in [9.17, 15) is 4.79 Å². The Kier molecular flexibility index (Phi) is 5.66. The largest absolute Gasteiger partial charge is 0.330 e. The van der Waals surface area contributed by atoms with Crippen LogP contribution < -0.4 is 11.1 Å². The molecule has 2 rings (SSSR count). The molecule has 0 aliphatic heterocycles. The lowest BCUT2D eigenvalue weighted by molar-refractivity contribution is -0.119. The van der Waals surface area contributed by atoms with Crippen LogP contribution in [0.2, 0.25) is 0 Å². The Hall–Kier alpha value is -1.92. The highest BCUT2D eigenvalue weighted by Gasteiger charge is 2.11. The van der Waals surface area contributed by atoms with Gasteiger partial charge in [-0.25, -0.2) is 0 Å². The lowest BCUT2D eigenvalue weighted by atomic mass is 10.1. The number of nitrogens with zero attached hydrogens (tertiary/aromatic N) is 3. The number of anilines is 1. The first-order valence-electron chi connectivity index (χ1n) is 6.07. The number of carbonyl (C=O) groups is 1. The molecule has 0 radical (unpaired) electrons. The fourth-order valence-corrected chi connectivity index (χ4v) is 1.65. The number of benzene rings is 1. The second-order valence-electron chi connectivity index (χ2n) is 4.47. The summed E-state index contributed by atoms with van der Waals surface area (Å²) in [4.78, 5) is 11.8. The molecule has 0 saturated carbocycles. The number of aromatic nitrogens is 3. The molecule has 3 N–H and O–H groups in total. The molecule has 1 amide bonds. The van der Waals surface area contributed by atoms with Gasteiger partial charge in [-0.3, -0.25) is 4.79 Å². The molecule has 6 nitrogen and oxygen atoms in total. The molecule has 1 aromatic carbocycles. The monoisotopic (exact) mass is 295 g/mol. The summed E-state index contributed by atoms with van der Waals surface area (Å²) in [5.74, 6) is 0.457. The molecule has 0 saturated heterocycles. The molecule has 108 valence electrons. The lowest BCUT2D eigenvalue weighted by Crippen LogP contribution is -2.26. The third-order valence-corrected chi connectivity index (χ3v) is 2.90. The van der Waals surface area contributed by atoms with E-state index in [4.69, 9.17) is 5.73 Å². The average molecular weight is 296 g/mol. The molecule has 2 aromatic rings. The zero-order valence-electron chi connectivity index (χ0n) is 11.4. The van der Waals surface area contributed by atoms with Crippen molar-refractivity contribution in [3.05, 3.63) is 30.6 Å². The van der Waals surface area contributed by atoms with E-state index >= 15 is 0 Å². The Balaban J connectivity index is 0.00000200. The van der Waals surface area contributed by atoms with E-state index in [1.54, 1.807) is 13.3 Å². The molecule has 20 heavy (non-hydrogen) atoms. The van der Waals surface area contributed by atoms with E-state index in [0.717, 1.165) is 17.1 Å². The minimum Gasteiger partial charge on any atom is -0.330 e. The van der Waals surface area contributed by atoms with Crippen LogP contribution in [0.5, 0.6) is 0 Å². The zero-order valence-corrected chi connectivity index (χ0v) is 12.2. The predicted octanol–water partition coefficient (Wildman–Crippen LogP) is 1.44. The molecule has 0 bridgehead atoms. The summed E-state index contributed by atoms with van der Waals surface area (Å²) in [6.45, 7) is 2.12. The number of nitrogens with two attached hydrogens (primary N) is 1. The number of amides is 1. The predicted molar refractivity (Wildman–Crippen MR) is 80.5 cm³/mol. The third-order valence-electron chi connectivity index (χ3n) is 2.90. The number of aryl methyl sites for hydroxylation is 1.